The Morgan fingerprint density at radius 3 is 2.68 bits per heavy atom. The van der Waals surface area contributed by atoms with Crippen molar-refractivity contribution in [1.82, 2.24) is 0 Å². The number of aliphatic hydroxyl groups is 1. The molecule has 2 rings (SSSR count). The minimum absolute atomic E-state index is 0.0435. The van der Waals surface area contributed by atoms with Crippen molar-refractivity contribution in [2.45, 2.75) is 18.1 Å². The molecule has 1 N–H and O–H groups in total. The molecule has 1 saturated carbocycles. The number of benzene rings is 1. The Morgan fingerprint density at radius 2 is 2.21 bits per heavy atom. The molecule has 102 valence electrons. The molecule has 1 aliphatic carbocycles. The Kier molecular flexibility index (Phi) is 3.61. The van der Waals surface area contributed by atoms with Gasteiger partial charge < -0.3 is 5.11 Å². The van der Waals surface area contributed by atoms with Crippen LogP contribution in [0.25, 0.3) is 0 Å². The summed E-state index contributed by atoms with van der Waals surface area (Å²) in [4.78, 5) is 0. The largest absolute Gasteiger partial charge is 0.395 e. The van der Waals surface area contributed by atoms with E-state index in [-0.39, 0.29) is 5.75 Å². The Morgan fingerprint density at radius 1 is 1.53 bits per heavy atom. The fourth-order valence-electron chi connectivity index (χ4n) is 2.64. The van der Waals surface area contributed by atoms with Crippen LogP contribution in [-0.4, -0.2) is 31.1 Å². The maximum absolute atomic E-state index is 12.1. The fourth-order valence-corrected chi connectivity index (χ4v) is 4.85. The van der Waals surface area contributed by atoms with E-state index >= 15 is 0 Å². The predicted octanol–water partition coefficient (Wildman–Crippen LogP) is 1.74. The molecule has 0 saturated heterocycles. The van der Waals surface area contributed by atoms with Crippen molar-refractivity contribution in [3.8, 4) is 6.07 Å². The van der Waals surface area contributed by atoms with Crippen LogP contribution in [0.2, 0.25) is 5.02 Å². The van der Waals surface area contributed by atoms with Gasteiger partial charge in [-0.3, -0.25) is 0 Å². The second kappa shape index (κ2) is 4.78. The number of hydrogen-bond donors (Lipinski definition) is 1. The number of aliphatic hydroxyl groups excluding tert-OH is 1. The molecule has 0 heterocycles. The van der Waals surface area contributed by atoms with E-state index in [1.54, 1.807) is 31.2 Å². The molecule has 4 nitrogen and oxygen atoms in total. The lowest BCUT2D eigenvalue weighted by Crippen LogP contribution is -2.19. The highest BCUT2D eigenvalue weighted by Gasteiger charge is 2.71. The van der Waals surface area contributed by atoms with Crippen molar-refractivity contribution in [3.63, 3.8) is 0 Å². The van der Waals surface area contributed by atoms with Gasteiger partial charge in [0.2, 0.25) is 0 Å². The van der Waals surface area contributed by atoms with E-state index < -0.39 is 33.0 Å². The summed E-state index contributed by atoms with van der Waals surface area (Å²) >= 11 is 5.90. The zero-order valence-corrected chi connectivity index (χ0v) is 11.9. The fraction of sp³-hybridized carbons (Fsp3) is 0.462. The Hall–Kier alpha value is -1.09. The molecule has 3 atom stereocenters. The van der Waals surface area contributed by atoms with Gasteiger partial charge in [-0.05, 0) is 17.7 Å². The van der Waals surface area contributed by atoms with E-state index in [9.17, 15) is 18.8 Å². The average molecular weight is 300 g/mol. The molecule has 1 aromatic rings. The van der Waals surface area contributed by atoms with Crippen LogP contribution in [0.4, 0.5) is 0 Å². The zero-order valence-electron chi connectivity index (χ0n) is 10.4. The molecule has 1 fully saturated rings. The summed E-state index contributed by atoms with van der Waals surface area (Å²) in [5.41, 5.74) is -0.551. The van der Waals surface area contributed by atoms with Gasteiger partial charge in [-0.2, -0.15) is 5.26 Å². The molecular formula is C13H14ClNO3S. The van der Waals surface area contributed by atoms with Crippen LogP contribution >= 0.6 is 11.6 Å². The van der Waals surface area contributed by atoms with Gasteiger partial charge in [0, 0.05) is 16.7 Å². The van der Waals surface area contributed by atoms with Crippen molar-refractivity contribution >= 4 is 21.4 Å². The van der Waals surface area contributed by atoms with Crippen LogP contribution in [0.5, 0.6) is 0 Å². The van der Waals surface area contributed by atoms with E-state index in [4.69, 9.17) is 11.6 Å². The first kappa shape index (κ1) is 14.3. The molecule has 1 aliphatic rings. The van der Waals surface area contributed by atoms with Crippen LogP contribution in [0.15, 0.2) is 24.3 Å². The average Bonchev–Trinajstić information content (AvgIpc) is 3.09. The summed E-state index contributed by atoms with van der Waals surface area (Å²) in [5.74, 6) is -0.552. The molecular weight excluding hydrogens is 286 g/mol. The summed E-state index contributed by atoms with van der Waals surface area (Å²) in [7, 11) is -3.39. The Bertz CT molecular complexity index is 638. The van der Waals surface area contributed by atoms with E-state index in [2.05, 4.69) is 0 Å². The van der Waals surface area contributed by atoms with Gasteiger partial charge in [-0.1, -0.05) is 30.7 Å². The van der Waals surface area contributed by atoms with Gasteiger partial charge in [-0.25, -0.2) is 8.42 Å². The number of nitriles is 1. The van der Waals surface area contributed by atoms with Crippen molar-refractivity contribution < 1.29 is 13.5 Å². The monoisotopic (exact) mass is 299 g/mol. The third kappa shape index (κ3) is 2.14. The number of rotatable bonds is 4. The molecule has 0 amide bonds. The first-order chi connectivity index (χ1) is 8.93. The van der Waals surface area contributed by atoms with Gasteiger partial charge in [0.1, 0.15) is 5.41 Å². The third-order valence-electron chi connectivity index (χ3n) is 3.72. The predicted molar refractivity (Wildman–Crippen MR) is 72.6 cm³/mol. The highest BCUT2D eigenvalue weighted by Crippen LogP contribution is 2.62. The summed E-state index contributed by atoms with van der Waals surface area (Å²) < 4.78 is 24.1. The van der Waals surface area contributed by atoms with Crippen LogP contribution in [-0.2, 0) is 9.84 Å². The molecule has 6 heteroatoms. The summed E-state index contributed by atoms with van der Waals surface area (Å²) in [6.45, 7) is 1.08. The Balaban J connectivity index is 2.49. The highest BCUT2D eigenvalue weighted by atomic mass is 35.5. The molecule has 0 bridgehead atoms. The maximum Gasteiger partial charge on any atom is 0.155 e. The number of halogens is 1. The van der Waals surface area contributed by atoms with E-state index in [0.29, 0.717) is 10.6 Å². The van der Waals surface area contributed by atoms with E-state index in [0.717, 1.165) is 0 Å². The normalized spacial score (nSPS) is 29.8. The lowest BCUT2D eigenvalue weighted by Gasteiger charge is -2.03. The van der Waals surface area contributed by atoms with Gasteiger partial charge in [0.25, 0.3) is 0 Å². The minimum atomic E-state index is -3.39. The number of sulfone groups is 1. The quantitative estimate of drug-likeness (QED) is 0.918. The molecule has 0 radical (unpaired) electrons. The van der Waals surface area contributed by atoms with Crippen LogP contribution in [0.1, 0.15) is 18.4 Å². The van der Waals surface area contributed by atoms with Crippen molar-refractivity contribution in [1.29, 1.82) is 5.26 Å². The zero-order chi connectivity index (χ0) is 14.3. The molecule has 0 spiro atoms. The number of hydrogen-bond acceptors (Lipinski definition) is 4. The van der Waals surface area contributed by atoms with Crippen molar-refractivity contribution in [2.75, 3.05) is 12.4 Å². The van der Waals surface area contributed by atoms with Gasteiger partial charge >= 0.3 is 0 Å². The van der Waals surface area contributed by atoms with Crippen LogP contribution in [0.3, 0.4) is 0 Å². The van der Waals surface area contributed by atoms with Crippen molar-refractivity contribution in [2.24, 2.45) is 5.41 Å². The molecule has 0 aromatic heterocycles. The molecule has 1 aromatic carbocycles. The van der Waals surface area contributed by atoms with Gasteiger partial charge in [0.05, 0.1) is 17.9 Å². The minimum Gasteiger partial charge on any atom is -0.395 e. The molecule has 0 aliphatic heterocycles. The van der Waals surface area contributed by atoms with Gasteiger partial charge in [-0.15, -0.1) is 0 Å². The highest BCUT2D eigenvalue weighted by molar-refractivity contribution is 7.92. The topological polar surface area (TPSA) is 78.2 Å². The van der Waals surface area contributed by atoms with E-state index in [1.165, 1.54) is 0 Å². The van der Waals surface area contributed by atoms with Gasteiger partial charge in [0.15, 0.2) is 9.84 Å². The third-order valence-corrected chi connectivity index (χ3v) is 6.23. The second-order valence-corrected chi connectivity index (χ2v) is 7.56. The van der Waals surface area contributed by atoms with Crippen LogP contribution in [0, 0.1) is 16.7 Å². The SMILES string of the molecule is CCS(=O)(=O)[C@H]1[C@H](c2cccc(Cl)c2)[C@@]1(C#N)CO. The summed E-state index contributed by atoms with van der Waals surface area (Å²) in [5, 5.41) is 18.4. The Labute approximate surface area is 117 Å². The lowest BCUT2D eigenvalue weighted by molar-refractivity contribution is 0.242. The summed E-state index contributed by atoms with van der Waals surface area (Å²) in [6.07, 6.45) is 0. The standard InChI is InChI=1S/C13H14ClNO3S/c1-2-19(17,18)12-11(13(12,7-15)8-16)9-4-3-5-10(14)6-9/h3-6,11-12,16H,2,8H2,1H3/t11-,12-,13+/m0/s1. The maximum atomic E-state index is 12.1. The van der Waals surface area contributed by atoms with Crippen molar-refractivity contribution in [3.05, 3.63) is 34.9 Å². The molecule has 0 unspecified atom stereocenters. The van der Waals surface area contributed by atoms with E-state index in [1.807, 2.05) is 6.07 Å². The number of nitrogens with zero attached hydrogens (tertiary/aromatic N) is 1. The molecule has 19 heavy (non-hydrogen) atoms. The summed E-state index contributed by atoms with van der Waals surface area (Å²) in [6, 6.07) is 8.78. The lowest BCUT2D eigenvalue weighted by atomic mass is 10.0. The first-order valence-corrected chi connectivity index (χ1v) is 8.01. The van der Waals surface area contributed by atoms with Crippen LogP contribution < -0.4 is 0 Å². The smallest absolute Gasteiger partial charge is 0.155 e. The first-order valence-electron chi connectivity index (χ1n) is 5.92. The second-order valence-electron chi connectivity index (χ2n) is 4.72.